The van der Waals surface area contributed by atoms with Crippen LogP contribution in [0.1, 0.15) is 67.3 Å². The molecule has 3 aliphatic heterocycles. The molecule has 0 aromatic heterocycles. The van der Waals surface area contributed by atoms with Gasteiger partial charge in [0.1, 0.15) is 0 Å². The summed E-state index contributed by atoms with van der Waals surface area (Å²) in [5, 5.41) is 12.5. The highest BCUT2D eigenvalue weighted by atomic mass is 16.2. The second-order valence-electron chi connectivity index (χ2n) is 9.76. The zero-order valence-electron chi connectivity index (χ0n) is 18.7. The summed E-state index contributed by atoms with van der Waals surface area (Å²) < 4.78 is 0. The van der Waals surface area contributed by atoms with Crippen LogP contribution >= 0.6 is 0 Å². The number of benzene rings is 1. The molecule has 2 atom stereocenters. The van der Waals surface area contributed by atoms with Crippen LogP contribution in [0.2, 0.25) is 0 Å². The molecule has 1 aliphatic carbocycles. The van der Waals surface area contributed by atoms with Crippen LogP contribution in [-0.2, 0) is 0 Å². The monoisotopic (exact) mass is 435 g/mol. The summed E-state index contributed by atoms with van der Waals surface area (Å²) in [6.07, 6.45) is 8.78. The van der Waals surface area contributed by atoms with Crippen molar-refractivity contribution in [1.82, 2.24) is 20.0 Å². The number of nitrogens with zero attached hydrogens (tertiary/aromatic N) is 4. The van der Waals surface area contributed by atoms with Gasteiger partial charge in [-0.2, -0.15) is 5.26 Å². The van der Waals surface area contributed by atoms with Gasteiger partial charge >= 0.3 is 6.03 Å². The van der Waals surface area contributed by atoms with Gasteiger partial charge < -0.3 is 20.0 Å². The Kier molecular flexibility index (Phi) is 6.05. The summed E-state index contributed by atoms with van der Waals surface area (Å²) in [7, 11) is 0. The number of likely N-dealkylation sites (tertiary alicyclic amines) is 2. The Hall–Kier alpha value is -2.59. The van der Waals surface area contributed by atoms with Crippen molar-refractivity contribution in [2.75, 3.05) is 26.2 Å². The van der Waals surface area contributed by atoms with E-state index in [0.29, 0.717) is 35.3 Å². The lowest BCUT2D eigenvalue weighted by molar-refractivity contribution is 0.0471. The van der Waals surface area contributed by atoms with E-state index in [2.05, 4.69) is 21.2 Å². The normalized spacial score (nSPS) is 27.7. The zero-order chi connectivity index (χ0) is 22.1. The van der Waals surface area contributed by atoms with E-state index in [1.807, 2.05) is 11.0 Å². The molecule has 7 heteroatoms. The first-order valence-electron chi connectivity index (χ1n) is 12.3. The first kappa shape index (κ1) is 21.3. The molecular formula is C25H33N5O2. The minimum Gasteiger partial charge on any atom is -0.338 e. The molecule has 4 fully saturated rings. The molecule has 3 amide bonds. The smallest absolute Gasteiger partial charge is 0.318 e. The first-order valence-corrected chi connectivity index (χ1v) is 12.3. The number of nitriles is 1. The average Bonchev–Trinajstić information content (AvgIpc) is 3.19. The Morgan fingerprint density at radius 2 is 1.62 bits per heavy atom. The first-order chi connectivity index (χ1) is 15.7. The Balaban J connectivity index is 1.13. The van der Waals surface area contributed by atoms with Crippen LogP contribution in [-0.4, -0.2) is 77.0 Å². The third kappa shape index (κ3) is 3.97. The van der Waals surface area contributed by atoms with Crippen molar-refractivity contribution in [1.29, 1.82) is 5.26 Å². The molecule has 1 aromatic rings. The topological polar surface area (TPSA) is 79.7 Å². The predicted molar refractivity (Wildman–Crippen MR) is 121 cm³/mol. The molecule has 1 saturated carbocycles. The molecule has 7 nitrogen and oxygen atoms in total. The second kappa shape index (κ2) is 9.11. The van der Waals surface area contributed by atoms with Crippen molar-refractivity contribution in [3.8, 4) is 6.07 Å². The molecule has 0 bridgehead atoms. The molecule has 3 saturated heterocycles. The summed E-state index contributed by atoms with van der Waals surface area (Å²) in [5.74, 6) is -0.0265. The lowest BCUT2D eigenvalue weighted by Crippen LogP contribution is -2.53. The predicted octanol–water partition coefficient (Wildman–Crippen LogP) is 2.96. The van der Waals surface area contributed by atoms with E-state index in [1.54, 1.807) is 18.2 Å². The van der Waals surface area contributed by atoms with Crippen LogP contribution in [0.25, 0.3) is 0 Å². The highest BCUT2D eigenvalue weighted by molar-refractivity contribution is 5.96. The average molecular weight is 436 g/mol. The molecule has 0 radical (unpaired) electrons. The van der Waals surface area contributed by atoms with Gasteiger partial charge in [0.05, 0.1) is 29.3 Å². The fourth-order valence-corrected chi connectivity index (χ4v) is 6.33. The molecule has 0 spiro atoms. The summed E-state index contributed by atoms with van der Waals surface area (Å²) in [6, 6.07) is 11.0. The largest absolute Gasteiger partial charge is 0.338 e. The van der Waals surface area contributed by atoms with Gasteiger partial charge in [-0.15, -0.1) is 0 Å². The Labute approximate surface area is 190 Å². The minimum atomic E-state index is -0.0265. The van der Waals surface area contributed by atoms with E-state index in [0.717, 1.165) is 64.7 Å². The van der Waals surface area contributed by atoms with Crippen LogP contribution < -0.4 is 5.32 Å². The van der Waals surface area contributed by atoms with Crippen LogP contribution in [0.3, 0.4) is 0 Å². The number of piperidine rings is 2. The molecule has 5 rings (SSSR count). The Morgan fingerprint density at radius 3 is 2.38 bits per heavy atom. The molecule has 32 heavy (non-hydrogen) atoms. The zero-order valence-corrected chi connectivity index (χ0v) is 18.7. The van der Waals surface area contributed by atoms with Gasteiger partial charge in [0.15, 0.2) is 0 Å². The maximum absolute atomic E-state index is 12.9. The Bertz CT molecular complexity index is 896. The van der Waals surface area contributed by atoms with Crippen molar-refractivity contribution in [2.24, 2.45) is 0 Å². The molecular weight excluding hydrogens is 402 g/mol. The van der Waals surface area contributed by atoms with E-state index in [4.69, 9.17) is 0 Å². The number of rotatable bonds is 3. The summed E-state index contributed by atoms with van der Waals surface area (Å²) in [4.78, 5) is 32.2. The summed E-state index contributed by atoms with van der Waals surface area (Å²) >= 11 is 0. The fourth-order valence-electron chi connectivity index (χ4n) is 6.33. The lowest BCUT2D eigenvalue weighted by Gasteiger charge is -2.44. The number of hydrogen-bond donors (Lipinski definition) is 1. The number of hydrogen-bond acceptors (Lipinski definition) is 4. The van der Waals surface area contributed by atoms with E-state index in [9.17, 15) is 14.9 Å². The van der Waals surface area contributed by atoms with E-state index < -0.39 is 0 Å². The molecule has 4 aliphatic rings. The maximum atomic E-state index is 12.9. The highest BCUT2D eigenvalue weighted by Gasteiger charge is 2.44. The summed E-state index contributed by atoms with van der Waals surface area (Å²) in [6.45, 7) is 3.53. The van der Waals surface area contributed by atoms with Crippen molar-refractivity contribution in [3.63, 3.8) is 0 Å². The van der Waals surface area contributed by atoms with Gasteiger partial charge in [0.25, 0.3) is 5.91 Å². The molecule has 3 heterocycles. The summed E-state index contributed by atoms with van der Waals surface area (Å²) in [5.41, 5.74) is 0.965. The van der Waals surface area contributed by atoms with Crippen LogP contribution in [0.4, 0.5) is 4.79 Å². The number of amides is 3. The molecule has 1 aromatic carbocycles. The highest BCUT2D eigenvalue weighted by Crippen LogP contribution is 2.33. The van der Waals surface area contributed by atoms with Crippen molar-refractivity contribution in [3.05, 3.63) is 35.4 Å². The standard InChI is InChI=1S/C25H33N5O2/c26-17-18-5-1-2-6-21(18)24(31)29-15-9-19(10-16-29)28-13-11-20(12-14-28)30-23-8-4-3-7-22(23)27-25(30)32/h1-2,5-6,19-20,22-23H,3-4,7-16H2,(H,27,32)/t22-,23-/m0/s1. The SMILES string of the molecule is N#Cc1ccccc1C(=O)N1CCC(N2CCC(N3C(=O)N[C@H]4CCCC[C@@H]43)CC2)CC1. The van der Waals surface area contributed by atoms with Gasteiger partial charge in [-0.3, -0.25) is 4.79 Å². The van der Waals surface area contributed by atoms with Crippen molar-refractivity contribution in [2.45, 2.75) is 75.5 Å². The van der Waals surface area contributed by atoms with Crippen molar-refractivity contribution < 1.29 is 9.59 Å². The van der Waals surface area contributed by atoms with Gasteiger partial charge in [0.2, 0.25) is 0 Å². The third-order valence-electron chi connectivity index (χ3n) is 8.07. The van der Waals surface area contributed by atoms with E-state index in [-0.39, 0.29) is 11.9 Å². The van der Waals surface area contributed by atoms with Gasteiger partial charge in [-0.05, 0) is 50.7 Å². The molecule has 170 valence electrons. The number of carbonyl (C=O) groups is 2. The number of fused-ring (bicyclic) bond motifs is 1. The van der Waals surface area contributed by atoms with Crippen LogP contribution in [0.5, 0.6) is 0 Å². The lowest BCUT2D eigenvalue weighted by atomic mass is 9.89. The van der Waals surface area contributed by atoms with Gasteiger partial charge in [-0.25, -0.2) is 4.79 Å². The fraction of sp³-hybridized carbons (Fsp3) is 0.640. The van der Waals surface area contributed by atoms with Crippen LogP contribution in [0.15, 0.2) is 24.3 Å². The number of carbonyl (C=O) groups excluding carboxylic acids is 2. The number of nitrogens with one attached hydrogen (secondary N) is 1. The maximum Gasteiger partial charge on any atom is 0.318 e. The number of urea groups is 1. The van der Waals surface area contributed by atoms with Crippen molar-refractivity contribution >= 4 is 11.9 Å². The minimum absolute atomic E-state index is 0.0265. The molecule has 0 unspecified atom stereocenters. The van der Waals surface area contributed by atoms with Gasteiger partial charge in [-0.1, -0.05) is 25.0 Å². The van der Waals surface area contributed by atoms with E-state index in [1.165, 1.54) is 12.8 Å². The van der Waals surface area contributed by atoms with Gasteiger partial charge in [0, 0.05) is 38.3 Å². The second-order valence-corrected chi connectivity index (χ2v) is 9.76. The van der Waals surface area contributed by atoms with Crippen LogP contribution in [0, 0.1) is 11.3 Å². The third-order valence-corrected chi connectivity index (χ3v) is 8.07. The van der Waals surface area contributed by atoms with E-state index >= 15 is 0 Å². The Morgan fingerprint density at radius 1 is 0.938 bits per heavy atom. The quantitative estimate of drug-likeness (QED) is 0.792. The molecule has 1 N–H and O–H groups in total.